The van der Waals surface area contributed by atoms with Crippen molar-refractivity contribution in [1.82, 2.24) is 5.32 Å². The zero-order valence-corrected chi connectivity index (χ0v) is 12.8. The normalized spacial score (nSPS) is 24.2. The molecule has 4 heteroatoms. The van der Waals surface area contributed by atoms with Gasteiger partial charge in [0.1, 0.15) is 13.2 Å². The molecule has 21 heavy (non-hydrogen) atoms. The van der Waals surface area contributed by atoms with Crippen LogP contribution >= 0.6 is 0 Å². The molecule has 1 atom stereocenters. The van der Waals surface area contributed by atoms with Crippen LogP contribution < -0.4 is 14.8 Å². The predicted molar refractivity (Wildman–Crippen MR) is 80.7 cm³/mol. The zero-order chi connectivity index (χ0) is 14.9. The summed E-state index contributed by atoms with van der Waals surface area (Å²) in [6.07, 6.45) is 3.41. The molecule has 0 aromatic heterocycles. The highest BCUT2D eigenvalue weighted by Crippen LogP contribution is 2.35. The van der Waals surface area contributed by atoms with E-state index in [9.17, 15) is 4.79 Å². The highest BCUT2D eigenvalue weighted by atomic mass is 16.6. The van der Waals surface area contributed by atoms with E-state index in [-0.39, 0.29) is 11.4 Å². The Balaban J connectivity index is 1.81. The number of carbonyl (C=O) groups is 1. The molecule has 2 heterocycles. The predicted octanol–water partition coefficient (Wildman–Crippen LogP) is 2.70. The number of benzene rings is 1. The Bertz CT molecular complexity index is 541. The van der Waals surface area contributed by atoms with Crippen molar-refractivity contribution in [2.24, 2.45) is 5.92 Å². The lowest BCUT2D eigenvalue weighted by atomic mass is 9.82. The maximum Gasteiger partial charge on any atom is 0.220 e. The van der Waals surface area contributed by atoms with Crippen LogP contribution in [0.5, 0.6) is 11.5 Å². The van der Waals surface area contributed by atoms with Crippen molar-refractivity contribution >= 4 is 5.91 Å². The maximum absolute atomic E-state index is 11.7. The molecular weight excluding hydrogens is 266 g/mol. The van der Waals surface area contributed by atoms with E-state index in [0.29, 0.717) is 25.6 Å². The van der Waals surface area contributed by atoms with Crippen molar-refractivity contribution in [1.29, 1.82) is 0 Å². The van der Waals surface area contributed by atoms with Gasteiger partial charge in [-0.3, -0.25) is 4.79 Å². The van der Waals surface area contributed by atoms with E-state index < -0.39 is 0 Å². The van der Waals surface area contributed by atoms with Crippen LogP contribution in [0.1, 0.15) is 38.7 Å². The van der Waals surface area contributed by atoms with E-state index in [1.807, 2.05) is 6.07 Å². The van der Waals surface area contributed by atoms with Gasteiger partial charge >= 0.3 is 0 Å². The number of hydrogen-bond acceptors (Lipinski definition) is 3. The first-order valence-electron chi connectivity index (χ1n) is 7.76. The Kier molecular flexibility index (Phi) is 3.79. The fraction of sp³-hybridized carbons (Fsp3) is 0.588. The number of amides is 1. The molecule has 2 aliphatic heterocycles. The van der Waals surface area contributed by atoms with Crippen molar-refractivity contribution in [3.63, 3.8) is 0 Å². The minimum absolute atomic E-state index is 0.102. The maximum atomic E-state index is 11.7. The average molecular weight is 289 g/mol. The SMILES string of the molecule is CC(C)CC1(Cc2ccc3c(c2)OCCO3)CCC(=O)N1. The molecule has 0 aliphatic carbocycles. The molecule has 0 radical (unpaired) electrons. The molecule has 3 rings (SSSR count). The standard InChI is InChI=1S/C17H23NO3/c1-12(2)10-17(6-5-16(19)18-17)11-13-3-4-14-15(9-13)21-8-7-20-14/h3-4,9,12H,5-8,10-11H2,1-2H3,(H,18,19). The van der Waals surface area contributed by atoms with E-state index in [1.165, 1.54) is 5.56 Å². The van der Waals surface area contributed by atoms with Crippen molar-refractivity contribution in [2.75, 3.05) is 13.2 Å². The molecule has 1 unspecified atom stereocenters. The minimum atomic E-state index is -0.102. The number of hydrogen-bond donors (Lipinski definition) is 1. The van der Waals surface area contributed by atoms with E-state index in [4.69, 9.17) is 9.47 Å². The van der Waals surface area contributed by atoms with Crippen LogP contribution in [0, 0.1) is 5.92 Å². The van der Waals surface area contributed by atoms with E-state index in [0.717, 1.165) is 30.8 Å². The summed E-state index contributed by atoms with van der Waals surface area (Å²) in [6.45, 7) is 5.62. The van der Waals surface area contributed by atoms with Crippen molar-refractivity contribution in [3.8, 4) is 11.5 Å². The number of rotatable bonds is 4. The van der Waals surface area contributed by atoms with Crippen LogP contribution in [0.25, 0.3) is 0 Å². The molecule has 0 spiro atoms. The second-order valence-corrected chi connectivity index (χ2v) is 6.58. The van der Waals surface area contributed by atoms with Gasteiger partial charge in [-0.2, -0.15) is 0 Å². The first-order valence-corrected chi connectivity index (χ1v) is 7.76. The molecule has 4 nitrogen and oxygen atoms in total. The number of fused-ring (bicyclic) bond motifs is 1. The van der Waals surface area contributed by atoms with Crippen LogP contribution in [0.2, 0.25) is 0 Å². The summed E-state index contributed by atoms with van der Waals surface area (Å²) in [6, 6.07) is 6.12. The van der Waals surface area contributed by atoms with Gasteiger partial charge in [-0.15, -0.1) is 0 Å². The quantitative estimate of drug-likeness (QED) is 0.927. The Morgan fingerprint density at radius 3 is 2.67 bits per heavy atom. The first kappa shape index (κ1) is 14.2. The van der Waals surface area contributed by atoms with E-state index >= 15 is 0 Å². The highest BCUT2D eigenvalue weighted by Gasteiger charge is 2.38. The number of nitrogens with one attached hydrogen (secondary N) is 1. The molecule has 1 amide bonds. The van der Waals surface area contributed by atoms with Gasteiger partial charge < -0.3 is 14.8 Å². The third kappa shape index (κ3) is 3.14. The summed E-state index contributed by atoms with van der Waals surface area (Å²) >= 11 is 0. The molecule has 1 N–H and O–H groups in total. The smallest absolute Gasteiger partial charge is 0.220 e. The molecule has 1 fully saturated rings. The third-order valence-corrected chi connectivity index (χ3v) is 4.18. The van der Waals surface area contributed by atoms with Crippen LogP contribution in [-0.4, -0.2) is 24.7 Å². The summed E-state index contributed by atoms with van der Waals surface area (Å²) in [5.74, 6) is 2.37. The molecule has 1 saturated heterocycles. The third-order valence-electron chi connectivity index (χ3n) is 4.18. The van der Waals surface area contributed by atoms with E-state index in [2.05, 4.69) is 31.3 Å². The summed E-state index contributed by atoms with van der Waals surface area (Å²) < 4.78 is 11.2. The van der Waals surface area contributed by atoms with Gasteiger partial charge in [0.15, 0.2) is 11.5 Å². The monoisotopic (exact) mass is 289 g/mol. The van der Waals surface area contributed by atoms with Gasteiger partial charge in [0.05, 0.1) is 0 Å². The summed E-state index contributed by atoms with van der Waals surface area (Å²) in [5.41, 5.74) is 1.09. The first-order chi connectivity index (χ1) is 10.1. The second kappa shape index (κ2) is 5.58. The largest absolute Gasteiger partial charge is 0.486 e. The summed E-state index contributed by atoms with van der Waals surface area (Å²) in [5, 5.41) is 3.22. The second-order valence-electron chi connectivity index (χ2n) is 6.58. The van der Waals surface area contributed by atoms with Crippen LogP contribution in [0.3, 0.4) is 0 Å². The topological polar surface area (TPSA) is 47.6 Å². The Morgan fingerprint density at radius 1 is 1.24 bits per heavy atom. The lowest BCUT2D eigenvalue weighted by Crippen LogP contribution is -2.44. The minimum Gasteiger partial charge on any atom is -0.486 e. The molecule has 0 bridgehead atoms. The van der Waals surface area contributed by atoms with Crippen LogP contribution in [0.4, 0.5) is 0 Å². The molecular formula is C17H23NO3. The molecule has 2 aliphatic rings. The van der Waals surface area contributed by atoms with Crippen molar-refractivity contribution < 1.29 is 14.3 Å². The fourth-order valence-electron chi connectivity index (χ4n) is 3.50. The van der Waals surface area contributed by atoms with Crippen molar-refractivity contribution in [2.45, 2.75) is 45.1 Å². The van der Waals surface area contributed by atoms with Crippen LogP contribution in [0.15, 0.2) is 18.2 Å². The van der Waals surface area contributed by atoms with Gasteiger partial charge in [-0.05, 0) is 42.9 Å². The van der Waals surface area contributed by atoms with Gasteiger partial charge in [-0.1, -0.05) is 19.9 Å². The van der Waals surface area contributed by atoms with Crippen molar-refractivity contribution in [3.05, 3.63) is 23.8 Å². The van der Waals surface area contributed by atoms with Crippen LogP contribution in [-0.2, 0) is 11.2 Å². The Morgan fingerprint density at radius 2 is 2.00 bits per heavy atom. The molecule has 1 aromatic rings. The lowest BCUT2D eigenvalue weighted by Gasteiger charge is -2.31. The average Bonchev–Trinajstić information content (AvgIpc) is 2.78. The summed E-state index contributed by atoms with van der Waals surface area (Å²) in [4.78, 5) is 11.7. The highest BCUT2D eigenvalue weighted by molar-refractivity contribution is 5.79. The number of ether oxygens (including phenoxy) is 2. The Labute approximate surface area is 125 Å². The molecule has 0 saturated carbocycles. The van der Waals surface area contributed by atoms with Gasteiger partial charge in [0, 0.05) is 12.0 Å². The molecule has 114 valence electrons. The van der Waals surface area contributed by atoms with Gasteiger partial charge in [-0.25, -0.2) is 0 Å². The Hall–Kier alpha value is -1.71. The fourth-order valence-corrected chi connectivity index (χ4v) is 3.50. The van der Waals surface area contributed by atoms with Gasteiger partial charge in [0.25, 0.3) is 0 Å². The zero-order valence-electron chi connectivity index (χ0n) is 12.8. The lowest BCUT2D eigenvalue weighted by molar-refractivity contribution is -0.119. The molecule has 1 aromatic carbocycles. The summed E-state index contributed by atoms with van der Waals surface area (Å²) in [7, 11) is 0. The van der Waals surface area contributed by atoms with E-state index in [1.54, 1.807) is 0 Å². The number of carbonyl (C=O) groups excluding carboxylic acids is 1. The van der Waals surface area contributed by atoms with Gasteiger partial charge in [0.2, 0.25) is 5.91 Å².